The molecule has 19 heavy (non-hydrogen) atoms. The predicted molar refractivity (Wildman–Crippen MR) is 84.5 cm³/mol. The van der Waals surface area contributed by atoms with Gasteiger partial charge in [-0.3, -0.25) is 0 Å². The zero-order valence-electron chi connectivity index (χ0n) is 10.9. The van der Waals surface area contributed by atoms with Gasteiger partial charge in [0.25, 0.3) is 0 Å². The molecule has 1 aromatic heterocycles. The number of halogens is 1. The third-order valence-corrected chi connectivity index (χ3v) is 4.09. The van der Waals surface area contributed by atoms with Crippen LogP contribution in [0.1, 0.15) is 24.9 Å². The van der Waals surface area contributed by atoms with Gasteiger partial charge in [-0.25, -0.2) is 0 Å². The average molecular weight is 314 g/mol. The molecule has 96 valence electrons. The molecule has 0 amide bonds. The van der Waals surface area contributed by atoms with Crippen LogP contribution in [0, 0.1) is 0 Å². The first-order valence-corrected chi connectivity index (χ1v) is 7.40. The summed E-state index contributed by atoms with van der Waals surface area (Å²) in [4.78, 5) is 0. The van der Waals surface area contributed by atoms with Gasteiger partial charge >= 0.3 is 0 Å². The van der Waals surface area contributed by atoms with Crippen LogP contribution < -0.4 is 0 Å². The molecule has 3 rings (SSSR count). The molecule has 3 aromatic rings. The van der Waals surface area contributed by atoms with Crippen LogP contribution in [0.2, 0.25) is 0 Å². The van der Waals surface area contributed by atoms with Crippen molar-refractivity contribution in [2.24, 2.45) is 0 Å². The van der Waals surface area contributed by atoms with Crippen molar-refractivity contribution >= 4 is 26.8 Å². The zero-order chi connectivity index (χ0) is 13.2. The first-order chi connectivity index (χ1) is 9.29. The predicted octanol–water partition coefficient (Wildman–Crippen LogP) is 5.40. The smallest absolute Gasteiger partial charge is 0.0583 e. The van der Waals surface area contributed by atoms with E-state index in [-0.39, 0.29) is 0 Å². The second-order valence-corrected chi connectivity index (χ2v) is 5.68. The van der Waals surface area contributed by atoms with E-state index in [2.05, 4.69) is 88.2 Å². The highest BCUT2D eigenvalue weighted by molar-refractivity contribution is 9.10. The maximum absolute atomic E-state index is 3.57. The van der Waals surface area contributed by atoms with Crippen molar-refractivity contribution in [3.63, 3.8) is 0 Å². The molecule has 0 aliphatic carbocycles. The normalized spacial score (nSPS) is 12.7. The van der Waals surface area contributed by atoms with Crippen LogP contribution in [0.15, 0.2) is 65.3 Å². The highest BCUT2D eigenvalue weighted by Gasteiger charge is 2.13. The number of hydrogen-bond donors (Lipinski definition) is 0. The number of nitrogens with zero attached hydrogens (tertiary/aromatic N) is 1. The Kier molecular flexibility index (Phi) is 3.43. The molecule has 0 fully saturated rings. The van der Waals surface area contributed by atoms with Crippen LogP contribution in [-0.2, 0) is 0 Å². The van der Waals surface area contributed by atoms with E-state index in [4.69, 9.17) is 0 Å². The Morgan fingerprint density at radius 1 is 1.05 bits per heavy atom. The molecule has 0 aliphatic rings. The first kappa shape index (κ1) is 12.5. The molecular formula is C17H16BrN. The zero-order valence-corrected chi connectivity index (χ0v) is 12.5. The van der Waals surface area contributed by atoms with Gasteiger partial charge in [-0.05, 0) is 35.6 Å². The Bertz CT molecular complexity index is 685. The first-order valence-electron chi connectivity index (χ1n) is 6.60. The molecule has 1 heterocycles. The van der Waals surface area contributed by atoms with E-state index in [9.17, 15) is 0 Å². The molecule has 0 aliphatic heterocycles. The van der Waals surface area contributed by atoms with Gasteiger partial charge in [-0.1, -0.05) is 59.3 Å². The maximum atomic E-state index is 3.57. The van der Waals surface area contributed by atoms with Crippen LogP contribution in [0.3, 0.4) is 0 Å². The van der Waals surface area contributed by atoms with Gasteiger partial charge in [-0.15, -0.1) is 0 Å². The molecule has 0 spiro atoms. The van der Waals surface area contributed by atoms with Gasteiger partial charge in [0.2, 0.25) is 0 Å². The third-order valence-electron chi connectivity index (χ3n) is 3.59. The van der Waals surface area contributed by atoms with Crippen molar-refractivity contribution in [1.29, 1.82) is 0 Å². The Hall–Kier alpha value is -1.54. The minimum atomic E-state index is 0.396. The Morgan fingerprint density at radius 2 is 1.84 bits per heavy atom. The lowest BCUT2D eigenvalue weighted by atomic mass is 10.0. The summed E-state index contributed by atoms with van der Waals surface area (Å²) in [6.45, 7) is 2.24. The Labute approximate surface area is 122 Å². The van der Waals surface area contributed by atoms with Crippen molar-refractivity contribution in [3.05, 3.63) is 70.8 Å². The largest absolute Gasteiger partial charge is 0.340 e. The topological polar surface area (TPSA) is 4.93 Å². The van der Waals surface area contributed by atoms with Gasteiger partial charge in [0.05, 0.1) is 6.04 Å². The lowest BCUT2D eigenvalue weighted by Crippen LogP contribution is -2.08. The van der Waals surface area contributed by atoms with Crippen LogP contribution >= 0.6 is 15.9 Å². The van der Waals surface area contributed by atoms with Gasteiger partial charge in [0.1, 0.15) is 0 Å². The number of benzene rings is 2. The van der Waals surface area contributed by atoms with Crippen LogP contribution in [0.25, 0.3) is 10.9 Å². The Morgan fingerprint density at radius 3 is 2.58 bits per heavy atom. The molecule has 1 atom stereocenters. The van der Waals surface area contributed by atoms with Gasteiger partial charge in [0.15, 0.2) is 0 Å². The average Bonchev–Trinajstić information content (AvgIpc) is 2.84. The lowest BCUT2D eigenvalue weighted by Gasteiger charge is -2.19. The fourth-order valence-electron chi connectivity index (χ4n) is 2.66. The number of rotatable bonds is 3. The van der Waals surface area contributed by atoms with Crippen LogP contribution in [0.5, 0.6) is 0 Å². The molecule has 1 unspecified atom stereocenters. The van der Waals surface area contributed by atoms with E-state index in [0.29, 0.717) is 6.04 Å². The molecule has 0 saturated heterocycles. The molecular weight excluding hydrogens is 298 g/mol. The Balaban J connectivity index is 2.14. The van der Waals surface area contributed by atoms with E-state index >= 15 is 0 Å². The summed E-state index contributed by atoms with van der Waals surface area (Å²) in [6.07, 6.45) is 3.28. The fraction of sp³-hybridized carbons (Fsp3) is 0.176. The van der Waals surface area contributed by atoms with E-state index in [0.717, 1.165) is 10.9 Å². The minimum absolute atomic E-state index is 0.396. The van der Waals surface area contributed by atoms with Gasteiger partial charge in [-0.2, -0.15) is 0 Å². The SMILES string of the molecule is CCC(c1ccccc1)n1ccc2ccc(Br)cc21. The fourth-order valence-corrected chi connectivity index (χ4v) is 3.01. The molecule has 2 aromatic carbocycles. The summed E-state index contributed by atoms with van der Waals surface area (Å²) in [7, 11) is 0. The summed E-state index contributed by atoms with van der Waals surface area (Å²) in [5.41, 5.74) is 2.65. The molecule has 1 nitrogen and oxygen atoms in total. The summed E-state index contributed by atoms with van der Waals surface area (Å²) in [6, 6.07) is 19.7. The highest BCUT2D eigenvalue weighted by Crippen LogP contribution is 2.29. The number of aromatic nitrogens is 1. The van der Waals surface area contributed by atoms with Crippen molar-refractivity contribution < 1.29 is 0 Å². The highest BCUT2D eigenvalue weighted by atomic mass is 79.9. The molecule has 0 N–H and O–H groups in total. The number of hydrogen-bond acceptors (Lipinski definition) is 0. The number of fused-ring (bicyclic) bond motifs is 1. The van der Waals surface area contributed by atoms with Crippen LogP contribution in [0.4, 0.5) is 0 Å². The summed E-state index contributed by atoms with van der Waals surface area (Å²) in [5.74, 6) is 0. The lowest BCUT2D eigenvalue weighted by molar-refractivity contribution is 0.585. The second-order valence-electron chi connectivity index (χ2n) is 4.76. The van der Waals surface area contributed by atoms with Gasteiger partial charge < -0.3 is 4.57 Å². The quantitative estimate of drug-likeness (QED) is 0.610. The van der Waals surface area contributed by atoms with Crippen molar-refractivity contribution in [3.8, 4) is 0 Å². The molecule has 0 bridgehead atoms. The maximum Gasteiger partial charge on any atom is 0.0583 e. The van der Waals surface area contributed by atoms with E-state index < -0.39 is 0 Å². The second kappa shape index (κ2) is 5.22. The van der Waals surface area contributed by atoms with Crippen molar-refractivity contribution in [2.75, 3.05) is 0 Å². The van der Waals surface area contributed by atoms with Crippen LogP contribution in [-0.4, -0.2) is 4.57 Å². The molecule has 2 heteroatoms. The monoisotopic (exact) mass is 313 g/mol. The standard InChI is InChI=1S/C17H16BrN/c1-2-16(13-6-4-3-5-7-13)19-11-10-14-8-9-15(18)12-17(14)19/h3-12,16H,2H2,1H3. The summed E-state index contributed by atoms with van der Waals surface area (Å²) < 4.78 is 3.50. The van der Waals surface area contributed by atoms with E-state index in [1.54, 1.807) is 0 Å². The van der Waals surface area contributed by atoms with Crippen molar-refractivity contribution in [1.82, 2.24) is 4.57 Å². The molecule has 0 radical (unpaired) electrons. The van der Waals surface area contributed by atoms with Gasteiger partial charge in [0, 0.05) is 16.2 Å². The molecule has 0 saturated carbocycles. The van der Waals surface area contributed by atoms with E-state index in [1.165, 1.54) is 16.5 Å². The minimum Gasteiger partial charge on any atom is -0.340 e. The summed E-state index contributed by atoms with van der Waals surface area (Å²) in [5, 5.41) is 1.29. The van der Waals surface area contributed by atoms with Crippen molar-refractivity contribution in [2.45, 2.75) is 19.4 Å². The van der Waals surface area contributed by atoms with E-state index in [1.807, 2.05) is 0 Å². The third kappa shape index (κ3) is 2.33. The summed E-state index contributed by atoms with van der Waals surface area (Å²) >= 11 is 3.57.